The van der Waals surface area contributed by atoms with Gasteiger partial charge in [0.25, 0.3) is 0 Å². The van der Waals surface area contributed by atoms with Gasteiger partial charge in [-0.15, -0.1) is 0 Å². The van der Waals surface area contributed by atoms with Gasteiger partial charge in [0, 0.05) is 5.39 Å². The molecule has 3 rings (SSSR count). The average Bonchev–Trinajstić information content (AvgIpc) is 2.98. The lowest BCUT2D eigenvalue weighted by atomic mass is 10.2. The summed E-state index contributed by atoms with van der Waals surface area (Å²) in [5.41, 5.74) is 2.48. The Bertz CT molecular complexity index is 915. The molecule has 0 bridgehead atoms. The Hall–Kier alpha value is -3.15. The maximum absolute atomic E-state index is 12.5. The Labute approximate surface area is 139 Å². The zero-order valence-electron chi connectivity index (χ0n) is 13.4. The van der Waals surface area contributed by atoms with Crippen LogP contribution >= 0.6 is 0 Å². The number of hydrogen-bond donors (Lipinski definition) is 1. The van der Waals surface area contributed by atoms with Gasteiger partial charge in [0.2, 0.25) is 0 Å². The number of nitrogens with one attached hydrogen (secondary N) is 1. The van der Waals surface area contributed by atoms with E-state index in [0.29, 0.717) is 16.8 Å². The highest BCUT2D eigenvalue weighted by atomic mass is 16.5. The van der Waals surface area contributed by atoms with E-state index < -0.39 is 12.0 Å². The molecule has 0 spiro atoms. The normalized spacial score (nSPS) is 10.6. The molecule has 6 nitrogen and oxygen atoms in total. The van der Waals surface area contributed by atoms with Gasteiger partial charge in [0.15, 0.2) is 0 Å². The van der Waals surface area contributed by atoms with Crippen molar-refractivity contribution >= 4 is 28.6 Å². The summed E-state index contributed by atoms with van der Waals surface area (Å²) in [5, 5.41) is 7.73. The molecule has 2 aromatic carbocycles. The third-order valence-electron chi connectivity index (χ3n) is 3.58. The molecule has 0 saturated heterocycles. The van der Waals surface area contributed by atoms with Crippen molar-refractivity contribution in [2.45, 2.75) is 13.8 Å². The van der Waals surface area contributed by atoms with Gasteiger partial charge in [0.1, 0.15) is 0 Å². The number of aryl methyl sites for hydroxylation is 1. The van der Waals surface area contributed by atoms with Crippen molar-refractivity contribution in [2.24, 2.45) is 0 Å². The van der Waals surface area contributed by atoms with Crippen LogP contribution in [0.5, 0.6) is 0 Å². The molecule has 6 heteroatoms. The molecule has 0 fully saturated rings. The minimum absolute atomic E-state index is 0.268. The molecule has 1 N–H and O–H groups in total. The second-order valence-corrected chi connectivity index (χ2v) is 5.31. The number of para-hydroxylation sites is 1. The van der Waals surface area contributed by atoms with Crippen LogP contribution < -0.4 is 5.32 Å². The summed E-state index contributed by atoms with van der Waals surface area (Å²) in [6.45, 7) is 3.98. The predicted molar refractivity (Wildman–Crippen MR) is 91.3 cm³/mol. The van der Waals surface area contributed by atoms with Gasteiger partial charge in [-0.25, -0.2) is 9.59 Å². The summed E-state index contributed by atoms with van der Waals surface area (Å²) < 4.78 is 6.29. The van der Waals surface area contributed by atoms with Crippen LogP contribution in [0.4, 0.5) is 10.5 Å². The minimum atomic E-state index is -0.477. The molecule has 0 aliphatic carbocycles. The monoisotopic (exact) mass is 323 g/mol. The van der Waals surface area contributed by atoms with E-state index in [0.717, 1.165) is 10.9 Å². The number of anilines is 1. The van der Waals surface area contributed by atoms with Crippen molar-refractivity contribution in [3.05, 3.63) is 59.8 Å². The van der Waals surface area contributed by atoms with E-state index in [9.17, 15) is 9.59 Å². The van der Waals surface area contributed by atoms with E-state index >= 15 is 0 Å². The lowest BCUT2D eigenvalue weighted by molar-refractivity contribution is 0.0527. The maximum Gasteiger partial charge on any atom is 0.347 e. The first-order chi connectivity index (χ1) is 11.6. The molecule has 0 aliphatic heterocycles. The fraction of sp³-hybridized carbons (Fsp3) is 0.167. The van der Waals surface area contributed by atoms with Crippen molar-refractivity contribution in [3.8, 4) is 0 Å². The van der Waals surface area contributed by atoms with Gasteiger partial charge in [-0.1, -0.05) is 23.8 Å². The summed E-state index contributed by atoms with van der Waals surface area (Å²) in [5.74, 6) is -0.477. The number of aromatic nitrogens is 2. The predicted octanol–water partition coefficient (Wildman–Crippen LogP) is 3.60. The number of carbonyl (C=O) groups is 2. The average molecular weight is 323 g/mol. The number of fused-ring (bicyclic) bond motifs is 1. The molecule has 122 valence electrons. The summed E-state index contributed by atoms with van der Waals surface area (Å²) in [6.07, 6.45) is 1.64. The zero-order chi connectivity index (χ0) is 17.1. The molecule has 0 unspecified atom stereocenters. The molecule has 3 aromatic rings. The fourth-order valence-electron chi connectivity index (χ4n) is 2.46. The second kappa shape index (κ2) is 6.54. The van der Waals surface area contributed by atoms with Crippen molar-refractivity contribution in [2.75, 3.05) is 11.9 Å². The molecule has 0 radical (unpaired) electrons. The Kier molecular flexibility index (Phi) is 4.29. The molecule has 0 saturated carbocycles. The highest BCUT2D eigenvalue weighted by Crippen LogP contribution is 2.19. The molecule has 24 heavy (non-hydrogen) atoms. The minimum Gasteiger partial charge on any atom is -0.462 e. The van der Waals surface area contributed by atoms with Crippen LogP contribution in [0.25, 0.3) is 10.9 Å². The molecule has 1 aromatic heterocycles. The highest BCUT2D eigenvalue weighted by molar-refractivity contribution is 6.03. The molecule has 0 atom stereocenters. The number of benzene rings is 2. The van der Waals surface area contributed by atoms with Crippen LogP contribution in [0.2, 0.25) is 0 Å². The van der Waals surface area contributed by atoms with E-state index in [2.05, 4.69) is 10.4 Å². The number of rotatable bonds is 3. The smallest absolute Gasteiger partial charge is 0.347 e. The fourth-order valence-corrected chi connectivity index (χ4v) is 2.46. The summed E-state index contributed by atoms with van der Waals surface area (Å²) in [6, 6.07) is 12.0. The second-order valence-electron chi connectivity index (χ2n) is 5.31. The SMILES string of the molecule is CCOC(=O)c1ccccc1NC(=O)n1ncc2cc(C)ccc21. The van der Waals surface area contributed by atoms with Crippen LogP contribution in [0.3, 0.4) is 0 Å². The van der Waals surface area contributed by atoms with Crippen molar-refractivity contribution in [1.82, 2.24) is 9.78 Å². The van der Waals surface area contributed by atoms with E-state index in [1.165, 1.54) is 4.68 Å². The quantitative estimate of drug-likeness (QED) is 0.747. The van der Waals surface area contributed by atoms with Crippen LogP contribution in [0, 0.1) is 6.92 Å². The Morgan fingerprint density at radius 3 is 2.79 bits per heavy atom. The Morgan fingerprint density at radius 1 is 1.21 bits per heavy atom. The Balaban J connectivity index is 1.91. The van der Waals surface area contributed by atoms with Gasteiger partial charge < -0.3 is 10.1 Å². The first-order valence-corrected chi connectivity index (χ1v) is 7.62. The van der Waals surface area contributed by atoms with Crippen LogP contribution in [-0.2, 0) is 4.74 Å². The molecular formula is C18H17N3O3. The highest BCUT2D eigenvalue weighted by Gasteiger charge is 2.16. The van der Waals surface area contributed by atoms with Crippen molar-refractivity contribution < 1.29 is 14.3 Å². The number of hydrogen-bond acceptors (Lipinski definition) is 4. The van der Waals surface area contributed by atoms with Crippen LogP contribution in [-0.4, -0.2) is 28.4 Å². The number of ether oxygens (including phenoxy) is 1. The topological polar surface area (TPSA) is 73.2 Å². The number of amides is 1. The largest absolute Gasteiger partial charge is 0.462 e. The van der Waals surface area contributed by atoms with Gasteiger partial charge in [-0.2, -0.15) is 9.78 Å². The standard InChI is InChI=1S/C18H17N3O3/c1-3-24-17(22)14-6-4-5-7-15(14)20-18(23)21-16-9-8-12(2)10-13(16)11-19-21/h4-11H,3H2,1-2H3,(H,20,23). The maximum atomic E-state index is 12.5. The molecule has 1 amide bonds. The van der Waals surface area contributed by atoms with E-state index in [1.807, 2.05) is 25.1 Å². The van der Waals surface area contributed by atoms with Gasteiger partial charge in [-0.05, 0) is 38.1 Å². The number of esters is 1. The molecule has 0 aliphatic rings. The summed E-state index contributed by atoms with van der Waals surface area (Å²) in [4.78, 5) is 24.5. The lowest BCUT2D eigenvalue weighted by Crippen LogP contribution is -2.22. The van der Waals surface area contributed by atoms with Gasteiger partial charge in [0.05, 0.1) is 29.6 Å². The van der Waals surface area contributed by atoms with Gasteiger partial charge >= 0.3 is 12.0 Å². The van der Waals surface area contributed by atoms with Crippen LogP contribution in [0.1, 0.15) is 22.8 Å². The van der Waals surface area contributed by atoms with Crippen molar-refractivity contribution in [1.29, 1.82) is 0 Å². The van der Waals surface area contributed by atoms with E-state index in [4.69, 9.17) is 4.74 Å². The zero-order valence-corrected chi connectivity index (χ0v) is 13.4. The van der Waals surface area contributed by atoms with Crippen LogP contribution in [0.15, 0.2) is 48.7 Å². The third-order valence-corrected chi connectivity index (χ3v) is 3.58. The lowest BCUT2D eigenvalue weighted by Gasteiger charge is -2.10. The third kappa shape index (κ3) is 2.99. The van der Waals surface area contributed by atoms with Crippen molar-refractivity contribution in [3.63, 3.8) is 0 Å². The summed E-state index contributed by atoms with van der Waals surface area (Å²) in [7, 11) is 0. The summed E-state index contributed by atoms with van der Waals surface area (Å²) >= 11 is 0. The Morgan fingerprint density at radius 2 is 2.00 bits per heavy atom. The first kappa shape index (κ1) is 15.7. The number of carbonyl (C=O) groups excluding carboxylic acids is 2. The van der Waals surface area contributed by atoms with Gasteiger partial charge in [-0.3, -0.25) is 0 Å². The van der Waals surface area contributed by atoms with E-state index in [1.54, 1.807) is 37.4 Å². The number of nitrogens with zero attached hydrogens (tertiary/aromatic N) is 2. The molecular weight excluding hydrogens is 306 g/mol. The first-order valence-electron chi connectivity index (χ1n) is 7.62. The van der Waals surface area contributed by atoms with E-state index in [-0.39, 0.29) is 6.61 Å². The molecule has 1 heterocycles.